The number of nitrogens with zero attached hydrogens (tertiary/aromatic N) is 1. The minimum atomic E-state index is -0.143. The molecule has 0 saturated carbocycles. The summed E-state index contributed by atoms with van der Waals surface area (Å²) in [6.45, 7) is 3.40. The average Bonchev–Trinajstić information content (AvgIpc) is 3.17. The Labute approximate surface area is 149 Å². The highest BCUT2D eigenvalue weighted by Crippen LogP contribution is 2.27. The molecular weight excluding hydrogens is 315 g/mol. The molecular formula is C21H27FN2O. The molecule has 0 spiro atoms. The Morgan fingerprint density at radius 1 is 1.04 bits per heavy atom. The molecule has 0 amide bonds. The monoisotopic (exact) mass is 342 g/mol. The van der Waals surface area contributed by atoms with Gasteiger partial charge < -0.3 is 15.3 Å². The van der Waals surface area contributed by atoms with Crippen LogP contribution in [0.15, 0.2) is 48.5 Å². The van der Waals surface area contributed by atoms with Gasteiger partial charge in [0.2, 0.25) is 0 Å². The van der Waals surface area contributed by atoms with E-state index in [2.05, 4.69) is 22.3 Å². The number of hydrogen-bond acceptors (Lipinski definition) is 3. The third kappa shape index (κ3) is 4.59. The van der Waals surface area contributed by atoms with Crippen LogP contribution >= 0.6 is 0 Å². The SMILES string of the molecule is OCCC(CNCc1c(F)cccc1N1CCCC1)c1ccccc1. The molecule has 1 fully saturated rings. The second kappa shape index (κ2) is 8.97. The van der Waals surface area contributed by atoms with Crippen LogP contribution in [0, 0.1) is 5.82 Å². The van der Waals surface area contributed by atoms with Crippen molar-refractivity contribution < 1.29 is 9.50 Å². The van der Waals surface area contributed by atoms with Crippen LogP contribution < -0.4 is 10.2 Å². The minimum Gasteiger partial charge on any atom is -0.396 e. The van der Waals surface area contributed by atoms with Crippen LogP contribution in [-0.4, -0.2) is 31.3 Å². The Morgan fingerprint density at radius 2 is 1.80 bits per heavy atom. The van der Waals surface area contributed by atoms with Gasteiger partial charge in [-0.15, -0.1) is 0 Å². The van der Waals surface area contributed by atoms with E-state index in [9.17, 15) is 9.50 Å². The van der Waals surface area contributed by atoms with E-state index < -0.39 is 0 Å². The van der Waals surface area contributed by atoms with Crippen molar-refractivity contribution in [2.75, 3.05) is 31.1 Å². The number of rotatable bonds is 8. The van der Waals surface area contributed by atoms with Crippen molar-refractivity contribution in [2.45, 2.75) is 31.7 Å². The van der Waals surface area contributed by atoms with Gasteiger partial charge >= 0.3 is 0 Å². The van der Waals surface area contributed by atoms with Gasteiger partial charge in [0.1, 0.15) is 5.82 Å². The summed E-state index contributed by atoms with van der Waals surface area (Å²) in [4.78, 5) is 2.28. The number of anilines is 1. The van der Waals surface area contributed by atoms with Gasteiger partial charge in [-0.05, 0) is 42.9 Å². The molecule has 25 heavy (non-hydrogen) atoms. The first kappa shape index (κ1) is 17.9. The van der Waals surface area contributed by atoms with Crippen LogP contribution in [0.3, 0.4) is 0 Å². The molecule has 0 radical (unpaired) electrons. The Morgan fingerprint density at radius 3 is 2.52 bits per heavy atom. The van der Waals surface area contributed by atoms with Gasteiger partial charge in [0.15, 0.2) is 0 Å². The first-order chi connectivity index (χ1) is 12.3. The van der Waals surface area contributed by atoms with Gasteiger partial charge in [0, 0.05) is 44.0 Å². The first-order valence-corrected chi connectivity index (χ1v) is 9.18. The molecule has 1 aliphatic heterocycles. The predicted molar refractivity (Wildman–Crippen MR) is 100 cm³/mol. The zero-order chi connectivity index (χ0) is 17.5. The predicted octanol–water partition coefficient (Wildman–Crippen LogP) is 3.68. The second-order valence-electron chi connectivity index (χ2n) is 6.68. The summed E-state index contributed by atoms with van der Waals surface area (Å²) >= 11 is 0. The van der Waals surface area contributed by atoms with E-state index >= 15 is 0 Å². The van der Waals surface area contributed by atoms with Crippen LogP contribution in [0.5, 0.6) is 0 Å². The fourth-order valence-corrected chi connectivity index (χ4v) is 3.62. The molecule has 3 nitrogen and oxygen atoms in total. The van der Waals surface area contributed by atoms with E-state index in [1.165, 1.54) is 18.4 Å². The molecule has 2 aromatic carbocycles. The lowest BCUT2D eigenvalue weighted by molar-refractivity contribution is 0.273. The van der Waals surface area contributed by atoms with Crippen molar-refractivity contribution in [3.63, 3.8) is 0 Å². The maximum atomic E-state index is 14.4. The fourth-order valence-electron chi connectivity index (χ4n) is 3.62. The number of hydrogen-bond donors (Lipinski definition) is 2. The van der Waals surface area contributed by atoms with Crippen molar-refractivity contribution in [2.24, 2.45) is 0 Å². The molecule has 1 atom stereocenters. The molecule has 0 aromatic heterocycles. The van der Waals surface area contributed by atoms with E-state index in [1.807, 2.05) is 24.3 Å². The molecule has 0 aliphatic carbocycles. The lowest BCUT2D eigenvalue weighted by atomic mass is 9.96. The largest absolute Gasteiger partial charge is 0.396 e. The average molecular weight is 342 g/mol. The summed E-state index contributed by atoms with van der Waals surface area (Å²) in [5.41, 5.74) is 2.97. The summed E-state index contributed by atoms with van der Waals surface area (Å²) in [5.74, 6) is 0.0866. The van der Waals surface area contributed by atoms with Gasteiger partial charge in [-0.25, -0.2) is 4.39 Å². The highest BCUT2D eigenvalue weighted by molar-refractivity contribution is 5.54. The summed E-state index contributed by atoms with van der Waals surface area (Å²) in [5, 5.41) is 12.8. The van der Waals surface area contributed by atoms with E-state index in [0.29, 0.717) is 13.0 Å². The second-order valence-corrected chi connectivity index (χ2v) is 6.68. The molecule has 3 rings (SSSR count). The van der Waals surface area contributed by atoms with E-state index in [1.54, 1.807) is 12.1 Å². The number of halogens is 1. The maximum absolute atomic E-state index is 14.4. The standard InChI is InChI=1S/C21H27FN2O/c22-20-9-6-10-21(24-12-4-5-13-24)19(20)16-23-15-18(11-14-25)17-7-2-1-3-8-17/h1-3,6-10,18,23,25H,4-5,11-16H2. The molecule has 1 unspecified atom stereocenters. The highest BCUT2D eigenvalue weighted by Gasteiger charge is 2.18. The minimum absolute atomic E-state index is 0.143. The summed E-state index contributed by atoms with van der Waals surface area (Å²) in [6, 6.07) is 15.6. The van der Waals surface area contributed by atoms with Crippen LogP contribution in [0.4, 0.5) is 10.1 Å². The number of aliphatic hydroxyl groups is 1. The van der Waals surface area contributed by atoms with Gasteiger partial charge in [0.05, 0.1) is 0 Å². The van der Waals surface area contributed by atoms with Gasteiger partial charge in [-0.2, -0.15) is 0 Å². The smallest absolute Gasteiger partial charge is 0.129 e. The van der Waals surface area contributed by atoms with Crippen molar-refractivity contribution in [3.05, 3.63) is 65.5 Å². The highest BCUT2D eigenvalue weighted by atomic mass is 19.1. The normalized spacial score (nSPS) is 15.5. The molecule has 4 heteroatoms. The van der Waals surface area contributed by atoms with Crippen LogP contribution in [0.1, 0.15) is 36.3 Å². The quantitative estimate of drug-likeness (QED) is 0.768. The summed E-state index contributed by atoms with van der Waals surface area (Å²) in [7, 11) is 0. The number of nitrogens with one attached hydrogen (secondary N) is 1. The van der Waals surface area contributed by atoms with Crippen molar-refractivity contribution >= 4 is 5.69 Å². The molecule has 134 valence electrons. The van der Waals surface area contributed by atoms with Crippen LogP contribution in [0.2, 0.25) is 0 Å². The summed E-state index contributed by atoms with van der Waals surface area (Å²) < 4.78 is 14.4. The van der Waals surface area contributed by atoms with Crippen molar-refractivity contribution in [1.29, 1.82) is 0 Å². The zero-order valence-corrected chi connectivity index (χ0v) is 14.6. The molecule has 0 bridgehead atoms. The van der Waals surface area contributed by atoms with Gasteiger partial charge in [-0.3, -0.25) is 0 Å². The number of benzene rings is 2. The van der Waals surface area contributed by atoms with Crippen LogP contribution in [0.25, 0.3) is 0 Å². The third-order valence-corrected chi connectivity index (χ3v) is 4.98. The van der Waals surface area contributed by atoms with E-state index in [0.717, 1.165) is 30.9 Å². The van der Waals surface area contributed by atoms with Crippen molar-refractivity contribution in [3.8, 4) is 0 Å². The molecule has 1 saturated heterocycles. The third-order valence-electron chi connectivity index (χ3n) is 4.98. The Bertz CT molecular complexity index is 656. The Hall–Kier alpha value is -1.91. The van der Waals surface area contributed by atoms with E-state index in [-0.39, 0.29) is 18.3 Å². The lowest BCUT2D eigenvalue weighted by Crippen LogP contribution is -2.25. The fraction of sp³-hybridized carbons (Fsp3) is 0.429. The van der Waals surface area contributed by atoms with E-state index in [4.69, 9.17) is 0 Å². The molecule has 2 N–H and O–H groups in total. The van der Waals surface area contributed by atoms with Gasteiger partial charge in [-0.1, -0.05) is 36.4 Å². The molecule has 1 heterocycles. The topological polar surface area (TPSA) is 35.5 Å². The molecule has 2 aromatic rings. The Balaban J connectivity index is 1.66. The summed E-state index contributed by atoms with van der Waals surface area (Å²) in [6.07, 6.45) is 3.05. The van der Waals surface area contributed by atoms with Crippen LogP contribution in [-0.2, 0) is 6.54 Å². The van der Waals surface area contributed by atoms with Crippen molar-refractivity contribution in [1.82, 2.24) is 5.32 Å². The number of aliphatic hydroxyl groups excluding tert-OH is 1. The first-order valence-electron chi connectivity index (χ1n) is 9.18. The zero-order valence-electron chi connectivity index (χ0n) is 14.6. The van der Waals surface area contributed by atoms with Gasteiger partial charge in [0.25, 0.3) is 0 Å². The maximum Gasteiger partial charge on any atom is 0.129 e. The Kier molecular flexibility index (Phi) is 6.42. The lowest BCUT2D eigenvalue weighted by Gasteiger charge is -2.23. The molecule has 1 aliphatic rings.